The zero-order valence-electron chi connectivity index (χ0n) is 15.9. The molecule has 158 valence electrons. The van der Waals surface area contributed by atoms with Gasteiger partial charge in [0.1, 0.15) is 0 Å². The minimum absolute atomic E-state index is 0.0532. The third-order valence-electron chi connectivity index (χ3n) is 4.47. The molecule has 0 aliphatic heterocycles. The number of benzene rings is 3. The van der Waals surface area contributed by atoms with Crippen molar-refractivity contribution in [3.63, 3.8) is 0 Å². The Morgan fingerprint density at radius 2 is 1.52 bits per heavy atom. The Kier molecular flexibility index (Phi) is 5.70. The predicted molar refractivity (Wildman–Crippen MR) is 125 cm³/mol. The van der Waals surface area contributed by atoms with Crippen LogP contribution < -0.4 is 10.9 Å². The first-order valence-electron chi connectivity index (χ1n) is 8.93. The first-order valence-corrected chi connectivity index (χ1v) is 11.5. The van der Waals surface area contributed by atoms with Crippen molar-refractivity contribution >= 4 is 67.4 Å². The lowest BCUT2D eigenvalue weighted by atomic mass is 10.2. The van der Waals surface area contributed by atoms with Crippen LogP contribution in [-0.2, 0) is 10.0 Å². The van der Waals surface area contributed by atoms with Crippen molar-refractivity contribution in [1.29, 1.82) is 0 Å². The van der Waals surface area contributed by atoms with Gasteiger partial charge in [0.25, 0.3) is 15.6 Å². The predicted octanol–water partition coefficient (Wildman–Crippen LogP) is 5.65. The molecule has 6 nitrogen and oxygen atoms in total. The van der Waals surface area contributed by atoms with Gasteiger partial charge >= 0.3 is 0 Å². The number of anilines is 2. The fraction of sp³-hybridized carbons (Fsp3) is 0.0476. The van der Waals surface area contributed by atoms with Crippen molar-refractivity contribution in [2.24, 2.45) is 0 Å². The van der Waals surface area contributed by atoms with E-state index in [1.807, 2.05) is 6.92 Å². The fourth-order valence-electron chi connectivity index (χ4n) is 3.02. The normalized spacial score (nSPS) is 11.6. The van der Waals surface area contributed by atoms with Gasteiger partial charge in [-0.1, -0.05) is 52.5 Å². The Labute approximate surface area is 193 Å². The fourth-order valence-corrected chi connectivity index (χ4v) is 5.03. The minimum Gasteiger partial charge on any atom is -0.325 e. The summed E-state index contributed by atoms with van der Waals surface area (Å²) >= 11 is 18.2. The summed E-state index contributed by atoms with van der Waals surface area (Å²) in [7, 11) is -4.28. The second-order valence-electron chi connectivity index (χ2n) is 6.77. The second kappa shape index (κ2) is 8.16. The molecule has 0 bridgehead atoms. The quantitative estimate of drug-likeness (QED) is 0.397. The van der Waals surface area contributed by atoms with Crippen LogP contribution in [0.5, 0.6) is 0 Å². The molecule has 31 heavy (non-hydrogen) atoms. The smallest absolute Gasteiger partial charge is 0.276 e. The molecule has 0 saturated heterocycles. The van der Waals surface area contributed by atoms with Crippen molar-refractivity contribution in [3.05, 3.63) is 91.6 Å². The third kappa shape index (κ3) is 4.27. The van der Waals surface area contributed by atoms with E-state index in [-0.39, 0.29) is 21.7 Å². The van der Waals surface area contributed by atoms with Crippen LogP contribution in [0.3, 0.4) is 0 Å². The average molecular weight is 495 g/mol. The topological polar surface area (TPSA) is 81.1 Å². The van der Waals surface area contributed by atoms with Gasteiger partial charge in [0, 0.05) is 20.8 Å². The summed E-state index contributed by atoms with van der Waals surface area (Å²) in [6, 6.07) is 15.2. The lowest BCUT2D eigenvalue weighted by Crippen LogP contribution is -2.30. The molecule has 0 saturated carbocycles. The molecule has 0 atom stereocenters. The summed E-state index contributed by atoms with van der Waals surface area (Å²) in [6.45, 7) is 1.83. The highest BCUT2D eigenvalue weighted by molar-refractivity contribution is 7.90. The van der Waals surface area contributed by atoms with E-state index in [2.05, 4.69) is 10.3 Å². The molecule has 3 aromatic carbocycles. The molecule has 0 unspecified atom stereocenters. The van der Waals surface area contributed by atoms with Gasteiger partial charge in [-0.25, -0.2) is 13.4 Å². The van der Waals surface area contributed by atoms with Crippen molar-refractivity contribution in [1.82, 2.24) is 8.96 Å². The number of nitrogens with zero attached hydrogens (tertiary/aromatic N) is 2. The average Bonchev–Trinajstić information content (AvgIpc) is 2.67. The molecule has 0 radical (unpaired) electrons. The minimum atomic E-state index is -4.28. The maximum atomic E-state index is 13.4. The van der Waals surface area contributed by atoms with Crippen molar-refractivity contribution in [2.45, 2.75) is 11.8 Å². The van der Waals surface area contributed by atoms with Crippen LogP contribution in [-0.4, -0.2) is 17.4 Å². The van der Waals surface area contributed by atoms with Crippen LogP contribution >= 0.6 is 34.8 Å². The van der Waals surface area contributed by atoms with Crippen LogP contribution in [0.2, 0.25) is 15.1 Å². The summed E-state index contributed by atoms with van der Waals surface area (Å²) < 4.78 is 27.5. The Balaban J connectivity index is 2.01. The maximum Gasteiger partial charge on any atom is 0.276 e. The van der Waals surface area contributed by atoms with Gasteiger partial charge in [0.15, 0.2) is 0 Å². The molecule has 1 N–H and O–H groups in total. The first-order chi connectivity index (χ1) is 14.6. The van der Waals surface area contributed by atoms with Crippen molar-refractivity contribution in [3.8, 4) is 0 Å². The molecule has 1 aromatic heterocycles. The maximum absolute atomic E-state index is 13.4. The Bertz CT molecular complexity index is 1460. The lowest BCUT2D eigenvalue weighted by molar-refractivity contribution is 0.586. The van der Waals surface area contributed by atoms with Crippen LogP contribution in [0.1, 0.15) is 5.56 Å². The Morgan fingerprint density at radius 3 is 2.16 bits per heavy atom. The standard InChI is InChI=1S/C21H14Cl3N3O3S/c1-12-2-5-17(6-3-12)31(29,30)27-20(28)18-7-4-13(22)11-19(18)26-21(27)25-16-9-14(23)8-15(24)10-16/h2-11H,1H3,(H,25,26). The van der Waals surface area contributed by atoms with Gasteiger partial charge in [-0.15, -0.1) is 0 Å². The highest BCUT2D eigenvalue weighted by Gasteiger charge is 2.25. The summed E-state index contributed by atoms with van der Waals surface area (Å²) in [4.78, 5) is 17.6. The van der Waals surface area contributed by atoms with Crippen LogP contribution in [0.15, 0.2) is 70.4 Å². The van der Waals surface area contributed by atoms with Gasteiger partial charge < -0.3 is 5.32 Å². The van der Waals surface area contributed by atoms with E-state index < -0.39 is 15.6 Å². The summed E-state index contributed by atoms with van der Waals surface area (Å²) in [5.74, 6) is -0.223. The summed E-state index contributed by atoms with van der Waals surface area (Å²) in [5, 5.41) is 3.97. The Hall–Kier alpha value is -2.58. The van der Waals surface area contributed by atoms with Crippen molar-refractivity contribution in [2.75, 3.05) is 5.32 Å². The lowest BCUT2D eigenvalue weighted by Gasteiger charge is -2.16. The molecule has 4 aromatic rings. The van der Waals surface area contributed by atoms with Gasteiger partial charge in [-0.2, -0.15) is 3.97 Å². The van der Waals surface area contributed by atoms with E-state index in [1.54, 1.807) is 12.1 Å². The number of halogens is 3. The van der Waals surface area contributed by atoms with E-state index in [1.165, 1.54) is 48.5 Å². The van der Waals surface area contributed by atoms with E-state index >= 15 is 0 Å². The van der Waals surface area contributed by atoms with Crippen LogP contribution in [0.25, 0.3) is 10.9 Å². The van der Waals surface area contributed by atoms with E-state index in [4.69, 9.17) is 34.8 Å². The van der Waals surface area contributed by atoms with Gasteiger partial charge in [-0.3, -0.25) is 4.79 Å². The van der Waals surface area contributed by atoms with E-state index in [9.17, 15) is 13.2 Å². The second-order valence-corrected chi connectivity index (χ2v) is 9.86. The molecule has 0 aliphatic carbocycles. The molecule has 0 spiro atoms. The zero-order chi connectivity index (χ0) is 22.3. The van der Waals surface area contributed by atoms with E-state index in [0.717, 1.165) is 5.56 Å². The molecule has 0 fully saturated rings. The number of fused-ring (bicyclic) bond motifs is 1. The summed E-state index contributed by atoms with van der Waals surface area (Å²) in [6.07, 6.45) is 0. The molecule has 10 heteroatoms. The number of nitrogens with one attached hydrogen (secondary N) is 1. The number of aryl methyl sites for hydroxylation is 1. The SMILES string of the molecule is Cc1ccc(S(=O)(=O)n2c(Nc3cc(Cl)cc(Cl)c3)nc3cc(Cl)ccc3c2=O)cc1. The molecule has 0 amide bonds. The van der Waals surface area contributed by atoms with E-state index in [0.29, 0.717) is 24.7 Å². The molecule has 1 heterocycles. The molecular weight excluding hydrogens is 481 g/mol. The number of hydrogen-bond donors (Lipinski definition) is 1. The number of hydrogen-bond acceptors (Lipinski definition) is 5. The highest BCUT2D eigenvalue weighted by atomic mass is 35.5. The molecule has 0 aliphatic rings. The van der Waals surface area contributed by atoms with Gasteiger partial charge in [-0.05, 0) is 55.5 Å². The third-order valence-corrected chi connectivity index (χ3v) is 6.83. The van der Waals surface area contributed by atoms with Crippen LogP contribution in [0, 0.1) is 6.92 Å². The van der Waals surface area contributed by atoms with Gasteiger partial charge in [0.05, 0.1) is 15.8 Å². The van der Waals surface area contributed by atoms with Gasteiger partial charge in [0.2, 0.25) is 5.95 Å². The monoisotopic (exact) mass is 493 g/mol. The first kappa shape index (κ1) is 21.6. The highest BCUT2D eigenvalue weighted by Crippen LogP contribution is 2.27. The number of aromatic nitrogens is 2. The molecule has 4 rings (SSSR count). The van der Waals surface area contributed by atoms with Crippen LogP contribution in [0.4, 0.5) is 11.6 Å². The Morgan fingerprint density at radius 1 is 0.871 bits per heavy atom. The zero-order valence-corrected chi connectivity index (χ0v) is 19.0. The summed E-state index contributed by atoms with van der Waals surface area (Å²) in [5.41, 5.74) is 0.712. The largest absolute Gasteiger partial charge is 0.325 e. The molecular formula is C21H14Cl3N3O3S. The van der Waals surface area contributed by atoms with Crippen molar-refractivity contribution < 1.29 is 8.42 Å². The number of rotatable bonds is 4.